The molecule has 0 radical (unpaired) electrons. The highest BCUT2D eigenvalue weighted by Gasteiger charge is 2.11. The fourth-order valence-electron chi connectivity index (χ4n) is 1.22. The van der Waals surface area contributed by atoms with E-state index in [-0.39, 0.29) is 6.61 Å². The normalized spacial score (nSPS) is 14.8. The van der Waals surface area contributed by atoms with Gasteiger partial charge in [0.2, 0.25) is 0 Å². The molecule has 0 spiro atoms. The summed E-state index contributed by atoms with van der Waals surface area (Å²) in [5, 5.41) is 8.71. The van der Waals surface area contributed by atoms with E-state index in [0.29, 0.717) is 0 Å². The molecule has 1 aliphatic heterocycles. The molecule has 1 heterocycles. The lowest BCUT2D eigenvalue weighted by molar-refractivity contribution is 0.323. The second-order valence-corrected chi connectivity index (χ2v) is 5.17. The molecule has 2 nitrogen and oxygen atoms in total. The molecule has 0 atom stereocenters. The van der Waals surface area contributed by atoms with Crippen LogP contribution in [0.25, 0.3) is 0 Å². The summed E-state index contributed by atoms with van der Waals surface area (Å²) in [6.45, 7) is 0.214. The molecule has 0 fully saturated rings. The second kappa shape index (κ2) is 4.87. The molecule has 14 heavy (non-hydrogen) atoms. The highest BCUT2D eigenvalue weighted by atomic mass is 32.2. The highest BCUT2D eigenvalue weighted by molar-refractivity contribution is 8.38. The van der Waals surface area contributed by atoms with E-state index in [1.54, 1.807) is 23.5 Å². The van der Waals surface area contributed by atoms with Gasteiger partial charge >= 0.3 is 0 Å². The van der Waals surface area contributed by atoms with Crippen molar-refractivity contribution in [2.75, 3.05) is 12.4 Å². The van der Waals surface area contributed by atoms with Gasteiger partial charge in [-0.2, -0.15) is 0 Å². The van der Waals surface area contributed by atoms with Gasteiger partial charge in [0.05, 0.1) is 12.3 Å². The van der Waals surface area contributed by atoms with Crippen molar-refractivity contribution >= 4 is 33.6 Å². The van der Waals surface area contributed by atoms with Gasteiger partial charge in [-0.25, -0.2) is 4.99 Å². The quantitative estimate of drug-likeness (QED) is 0.840. The number of fused-ring (bicyclic) bond motifs is 1. The molecule has 0 saturated heterocycles. The number of aliphatic imine (C=N–C) groups is 1. The van der Waals surface area contributed by atoms with E-state index in [0.717, 1.165) is 21.6 Å². The molecular weight excluding hydrogens is 214 g/mol. The molecule has 1 aliphatic rings. The number of nitrogens with zero attached hydrogens (tertiary/aromatic N) is 1. The van der Waals surface area contributed by atoms with E-state index in [9.17, 15) is 0 Å². The Bertz CT molecular complexity index is 352. The monoisotopic (exact) mass is 225 g/mol. The maximum atomic E-state index is 8.71. The summed E-state index contributed by atoms with van der Waals surface area (Å²) < 4.78 is 1.07. The van der Waals surface area contributed by atoms with E-state index >= 15 is 0 Å². The predicted octanol–water partition coefficient (Wildman–Crippen LogP) is 2.65. The van der Waals surface area contributed by atoms with E-state index in [1.165, 1.54) is 5.56 Å². The number of hydrogen-bond donors (Lipinski definition) is 1. The van der Waals surface area contributed by atoms with Crippen molar-refractivity contribution in [1.29, 1.82) is 0 Å². The van der Waals surface area contributed by atoms with E-state index < -0.39 is 0 Å². The third kappa shape index (κ3) is 2.32. The summed E-state index contributed by atoms with van der Waals surface area (Å²) in [5.41, 5.74) is 2.37. The summed E-state index contributed by atoms with van der Waals surface area (Å²) in [5.74, 6) is 1.72. The van der Waals surface area contributed by atoms with E-state index in [4.69, 9.17) is 5.11 Å². The minimum Gasteiger partial charge on any atom is -0.396 e. The molecule has 1 aromatic carbocycles. The number of para-hydroxylation sites is 1. The van der Waals surface area contributed by atoms with Crippen molar-refractivity contribution in [2.45, 2.75) is 5.75 Å². The van der Waals surface area contributed by atoms with Gasteiger partial charge in [-0.3, -0.25) is 0 Å². The van der Waals surface area contributed by atoms with Gasteiger partial charge in [0.25, 0.3) is 0 Å². The maximum absolute atomic E-state index is 8.71. The van der Waals surface area contributed by atoms with Gasteiger partial charge < -0.3 is 5.11 Å². The van der Waals surface area contributed by atoms with Crippen LogP contribution in [0.3, 0.4) is 0 Å². The van der Waals surface area contributed by atoms with Crippen molar-refractivity contribution in [2.24, 2.45) is 4.99 Å². The van der Waals surface area contributed by atoms with E-state index in [1.807, 2.05) is 18.2 Å². The molecule has 4 heteroatoms. The summed E-state index contributed by atoms with van der Waals surface area (Å²) in [4.78, 5) is 4.51. The van der Waals surface area contributed by atoms with Crippen molar-refractivity contribution in [3.8, 4) is 0 Å². The van der Waals surface area contributed by atoms with Crippen molar-refractivity contribution in [3.05, 3.63) is 29.8 Å². The fourth-order valence-corrected chi connectivity index (χ4v) is 3.09. The lowest BCUT2D eigenvalue weighted by Crippen LogP contribution is -1.98. The number of benzene rings is 1. The molecule has 0 aliphatic carbocycles. The number of aliphatic hydroxyl groups excluding tert-OH is 1. The van der Waals surface area contributed by atoms with Gasteiger partial charge in [0.1, 0.15) is 4.38 Å². The standard InChI is InChI=1S/C10H11NOS2/c12-5-6-13-10-11-9-4-2-1-3-8(9)7-14-10/h1-4,12H,5-7H2. The maximum Gasteiger partial charge on any atom is 0.130 e. The zero-order valence-electron chi connectivity index (χ0n) is 7.64. The lowest BCUT2D eigenvalue weighted by Gasteiger charge is -2.13. The molecule has 2 rings (SSSR count). The van der Waals surface area contributed by atoms with Gasteiger partial charge in [-0.05, 0) is 11.6 Å². The fraction of sp³-hybridized carbons (Fsp3) is 0.300. The number of rotatable bonds is 2. The van der Waals surface area contributed by atoms with Gasteiger partial charge in [-0.15, -0.1) is 0 Å². The smallest absolute Gasteiger partial charge is 0.130 e. The Kier molecular flexibility index (Phi) is 3.50. The van der Waals surface area contributed by atoms with Crippen LogP contribution in [-0.4, -0.2) is 21.8 Å². The second-order valence-electron chi connectivity index (χ2n) is 2.87. The number of thioether (sulfide) groups is 2. The van der Waals surface area contributed by atoms with Crippen LogP contribution in [0.1, 0.15) is 5.56 Å². The predicted molar refractivity (Wildman–Crippen MR) is 64.4 cm³/mol. The zero-order valence-corrected chi connectivity index (χ0v) is 9.27. The summed E-state index contributed by atoms with van der Waals surface area (Å²) in [6, 6.07) is 8.20. The van der Waals surface area contributed by atoms with Crippen molar-refractivity contribution in [3.63, 3.8) is 0 Å². The first kappa shape index (κ1) is 10.1. The molecule has 1 N–H and O–H groups in total. The minimum absolute atomic E-state index is 0.214. The Morgan fingerprint density at radius 1 is 1.43 bits per heavy atom. The van der Waals surface area contributed by atoms with Crippen LogP contribution in [0.4, 0.5) is 5.69 Å². The summed E-state index contributed by atoms with van der Waals surface area (Å²) >= 11 is 3.37. The third-order valence-corrected chi connectivity index (χ3v) is 4.10. The average molecular weight is 225 g/mol. The molecule has 0 saturated carbocycles. The number of aliphatic hydroxyl groups is 1. The molecular formula is C10H11NOS2. The van der Waals surface area contributed by atoms with Crippen LogP contribution in [0.15, 0.2) is 29.3 Å². The first-order valence-electron chi connectivity index (χ1n) is 4.43. The molecule has 0 amide bonds. The Morgan fingerprint density at radius 2 is 2.29 bits per heavy atom. The van der Waals surface area contributed by atoms with Crippen LogP contribution in [0.5, 0.6) is 0 Å². The Labute approximate surface area is 91.8 Å². The molecule has 0 aromatic heterocycles. The third-order valence-electron chi connectivity index (χ3n) is 1.87. The van der Waals surface area contributed by atoms with Crippen LogP contribution in [-0.2, 0) is 5.75 Å². The number of hydrogen-bond acceptors (Lipinski definition) is 4. The molecule has 74 valence electrons. The van der Waals surface area contributed by atoms with Crippen molar-refractivity contribution < 1.29 is 5.11 Å². The van der Waals surface area contributed by atoms with E-state index in [2.05, 4.69) is 11.1 Å². The molecule has 0 bridgehead atoms. The van der Waals surface area contributed by atoms with Gasteiger partial charge in [0.15, 0.2) is 0 Å². The Hall–Kier alpha value is -0.450. The van der Waals surface area contributed by atoms with Crippen LogP contribution in [0, 0.1) is 0 Å². The first-order valence-corrected chi connectivity index (χ1v) is 6.40. The highest BCUT2D eigenvalue weighted by Crippen LogP contribution is 2.34. The van der Waals surface area contributed by atoms with Gasteiger partial charge in [-0.1, -0.05) is 41.7 Å². The van der Waals surface area contributed by atoms with Crippen LogP contribution in [0.2, 0.25) is 0 Å². The zero-order chi connectivity index (χ0) is 9.80. The van der Waals surface area contributed by atoms with Crippen molar-refractivity contribution in [1.82, 2.24) is 0 Å². The largest absolute Gasteiger partial charge is 0.396 e. The van der Waals surface area contributed by atoms with Crippen LogP contribution < -0.4 is 0 Å². The average Bonchev–Trinajstić information content (AvgIpc) is 2.26. The summed E-state index contributed by atoms with van der Waals surface area (Å²) in [7, 11) is 0. The van der Waals surface area contributed by atoms with Gasteiger partial charge in [0, 0.05) is 11.5 Å². The molecule has 0 unspecified atom stereocenters. The first-order chi connectivity index (χ1) is 6.90. The Balaban J connectivity index is 2.14. The van der Waals surface area contributed by atoms with Crippen LogP contribution >= 0.6 is 23.5 Å². The Morgan fingerprint density at radius 3 is 3.14 bits per heavy atom. The lowest BCUT2D eigenvalue weighted by atomic mass is 10.2. The SMILES string of the molecule is OCCSC1=Nc2ccccc2CS1. The summed E-state index contributed by atoms with van der Waals surface area (Å²) in [6.07, 6.45) is 0. The topological polar surface area (TPSA) is 32.6 Å². The molecule has 1 aromatic rings. The minimum atomic E-state index is 0.214.